The van der Waals surface area contributed by atoms with Crippen LogP contribution in [0.1, 0.15) is 5.56 Å². The van der Waals surface area contributed by atoms with Crippen molar-refractivity contribution in [2.24, 2.45) is 0 Å². The molecule has 0 saturated heterocycles. The molecule has 0 bridgehead atoms. The van der Waals surface area contributed by atoms with Gasteiger partial charge in [0.25, 0.3) is 5.69 Å². The molecule has 0 saturated carbocycles. The van der Waals surface area contributed by atoms with Gasteiger partial charge < -0.3 is 0 Å². The molecule has 2 aromatic carbocycles. The lowest BCUT2D eigenvalue weighted by atomic mass is 10.0. The Morgan fingerprint density at radius 2 is 1.60 bits per heavy atom. The summed E-state index contributed by atoms with van der Waals surface area (Å²) in [6.45, 7) is 0. The number of nitro groups is 1. The molecule has 7 heteroatoms. The molecule has 0 aliphatic carbocycles. The van der Waals surface area contributed by atoms with Crippen LogP contribution in [0, 0.1) is 15.9 Å². The van der Waals surface area contributed by atoms with Gasteiger partial charge in [0.05, 0.1) is 16.1 Å². The number of benzene rings is 2. The molecule has 20 heavy (non-hydrogen) atoms. The summed E-state index contributed by atoms with van der Waals surface area (Å²) in [5.41, 5.74) is -1.53. The van der Waals surface area contributed by atoms with Crippen molar-refractivity contribution in [3.8, 4) is 11.1 Å². The van der Waals surface area contributed by atoms with Gasteiger partial charge in [0, 0.05) is 6.07 Å². The van der Waals surface area contributed by atoms with E-state index in [1.807, 2.05) is 0 Å². The lowest BCUT2D eigenvalue weighted by molar-refractivity contribution is -0.384. The van der Waals surface area contributed by atoms with Gasteiger partial charge in [-0.15, -0.1) is 0 Å². The SMILES string of the molecule is O=[N+]([O-])c1ccc(C(F)(F)F)cc1-c1ccc(F)cc1. The summed E-state index contributed by atoms with van der Waals surface area (Å²) in [4.78, 5) is 10.1. The molecule has 0 amide bonds. The van der Waals surface area contributed by atoms with Crippen LogP contribution in [0.15, 0.2) is 42.5 Å². The second-order valence-electron chi connectivity index (χ2n) is 3.99. The molecular formula is C13H7F4NO2. The van der Waals surface area contributed by atoms with Crippen molar-refractivity contribution in [2.45, 2.75) is 6.18 Å². The third-order valence-electron chi connectivity index (χ3n) is 2.68. The fourth-order valence-electron chi connectivity index (χ4n) is 1.73. The average Bonchev–Trinajstić information content (AvgIpc) is 2.37. The van der Waals surface area contributed by atoms with Gasteiger partial charge in [-0.1, -0.05) is 12.1 Å². The minimum atomic E-state index is -4.61. The molecule has 0 aliphatic rings. The fraction of sp³-hybridized carbons (Fsp3) is 0.0769. The highest BCUT2D eigenvalue weighted by atomic mass is 19.4. The van der Waals surface area contributed by atoms with E-state index < -0.39 is 28.2 Å². The fourth-order valence-corrected chi connectivity index (χ4v) is 1.73. The van der Waals surface area contributed by atoms with Crippen LogP contribution in [-0.4, -0.2) is 4.92 Å². The van der Waals surface area contributed by atoms with E-state index in [0.29, 0.717) is 12.1 Å². The quantitative estimate of drug-likeness (QED) is 0.465. The maximum atomic E-state index is 12.8. The van der Waals surface area contributed by atoms with E-state index in [0.717, 1.165) is 18.2 Å². The highest BCUT2D eigenvalue weighted by Crippen LogP contribution is 2.36. The average molecular weight is 285 g/mol. The van der Waals surface area contributed by atoms with Crippen molar-refractivity contribution < 1.29 is 22.5 Å². The van der Waals surface area contributed by atoms with Crippen molar-refractivity contribution >= 4 is 5.69 Å². The first-order valence-electron chi connectivity index (χ1n) is 5.40. The van der Waals surface area contributed by atoms with E-state index in [-0.39, 0.29) is 11.1 Å². The maximum Gasteiger partial charge on any atom is 0.416 e. The molecule has 0 spiro atoms. The number of hydrogen-bond acceptors (Lipinski definition) is 2. The zero-order chi connectivity index (χ0) is 14.9. The van der Waals surface area contributed by atoms with Crippen LogP contribution in [0.3, 0.4) is 0 Å². The summed E-state index contributed by atoms with van der Waals surface area (Å²) in [6, 6.07) is 6.56. The smallest absolute Gasteiger partial charge is 0.258 e. The summed E-state index contributed by atoms with van der Waals surface area (Å²) in [7, 11) is 0. The Labute approximate surface area is 110 Å². The molecular weight excluding hydrogens is 278 g/mol. The summed E-state index contributed by atoms with van der Waals surface area (Å²) in [5.74, 6) is -0.580. The molecule has 0 heterocycles. The molecule has 3 nitrogen and oxygen atoms in total. The topological polar surface area (TPSA) is 43.1 Å². The number of halogens is 4. The van der Waals surface area contributed by atoms with Crippen LogP contribution in [0.5, 0.6) is 0 Å². The Morgan fingerprint density at radius 1 is 1.00 bits per heavy atom. The Bertz CT molecular complexity index is 650. The van der Waals surface area contributed by atoms with Gasteiger partial charge in [0.2, 0.25) is 0 Å². The highest BCUT2D eigenvalue weighted by molar-refractivity contribution is 5.74. The zero-order valence-electron chi connectivity index (χ0n) is 9.82. The van der Waals surface area contributed by atoms with E-state index in [2.05, 4.69) is 0 Å². The van der Waals surface area contributed by atoms with Gasteiger partial charge in [-0.2, -0.15) is 13.2 Å². The van der Waals surface area contributed by atoms with Crippen molar-refractivity contribution in [3.63, 3.8) is 0 Å². The third-order valence-corrected chi connectivity index (χ3v) is 2.68. The normalized spacial score (nSPS) is 11.4. The summed E-state index contributed by atoms with van der Waals surface area (Å²) in [6.07, 6.45) is -4.61. The van der Waals surface area contributed by atoms with Gasteiger partial charge in [-0.3, -0.25) is 10.1 Å². The Morgan fingerprint density at radius 3 is 2.10 bits per heavy atom. The minimum absolute atomic E-state index is 0.143. The van der Waals surface area contributed by atoms with E-state index in [4.69, 9.17) is 0 Å². The minimum Gasteiger partial charge on any atom is -0.258 e. The number of hydrogen-bond donors (Lipinski definition) is 0. The van der Waals surface area contributed by atoms with E-state index in [1.165, 1.54) is 12.1 Å². The van der Waals surface area contributed by atoms with E-state index >= 15 is 0 Å². The molecule has 0 N–H and O–H groups in total. The summed E-state index contributed by atoms with van der Waals surface area (Å²) >= 11 is 0. The molecule has 2 aromatic rings. The van der Waals surface area contributed by atoms with Crippen LogP contribution >= 0.6 is 0 Å². The standard InChI is InChI=1S/C13H7F4NO2/c14-10-4-1-8(2-5-10)11-7-9(13(15,16)17)3-6-12(11)18(19)20/h1-7H. The van der Waals surface area contributed by atoms with E-state index in [9.17, 15) is 27.7 Å². The first-order chi connectivity index (χ1) is 9.29. The Balaban J connectivity index is 2.64. The van der Waals surface area contributed by atoms with Crippen LogP contribution in [0.4, 0.5) is 23.2 Å². The van der Waals surface area contributed by atoms with Crippen molar-refractivity contribution in [1.29, 1.82) is 0 Å². The predicted octanol–water partition coefficient (Wildman–Crippen LogP) is 4.42. The maximum absolute atomic E-state index is 12.8. The first-order valence-corrected chi connectivity index (χ1v) is 5.40. The third kappa shape index (κ3) is 2.76. The number of nitrogens with zero attached hydrogens (tertiary/aromatic N) is 1. The zero-order valence-corrected chi connectivity index (χ0v) is 9.82. The van der Waals surface area contributed by atoms with Gasteiger partial charge in [0.1, 0.15) is 5.82 Å². The monoisotopic (exact) mass is 285 g/mol. The van der Waals surface area contributed by atoms with Crippen LogP contribution in [0.2, 0.25) is 0 Å². The Hall–Kier alpha value is -2.44. The van der Waals surface area contributed by atoms with E-state index in [1.54, 1.807) is 0 Å². The predicted molar refractivity (Wildman–Crippen MR) is 63.5 cm³/mol. The second kappa shape index (κ2) is 4.92. The van der Waals surface area contributed by atoms with Crippen LogP contribution in [0.25, 0.3) is 11.1 Å². The second-order valence-corrected chi connectivity index (χ2v) is 3.99. The summed E-state index contributed by atoms with van der Waals surface area (Å²) < 4.78 is 50.8. The highest BCUT2D eigenvalue weighted by Gasteiger charge is 2.32. The van der Waals surface area contributed by atoms with Crippen molar-refractivity contribution in [3.05, 3.63) is 64.0 Å². The van der Waals surface area contributed by atoms with Crippen molar-refractivity contribution in [2.75, 3.05) is 0 Å². The molecule has 0 aromatic heterocycles. The lowest BCUT2D eigenvalue weighted by Crippen LogP contribution is -2.05. The van der Waals surface area contributed by atoms with Gasteiger partial charge in [0.15, 0.2) is 0 Å². The molecule has 0 atom stereocenters. The molecule has 0 radical (unpaired) electrons. The van der Waals surface area contributed by atoms with Gasteiger partial charge in [-0.05, 0) is 29.8 Å². The van der Waals surface area contributed by atoms with Gasteiger partial charge >= 0.3 is 6.18 Å². The largest absolute Gasteiger partial charge is 0.416 e. The number of nitro benzene ring substituents is 1. The molecule has 0 aliphatic heterocycles. The van der Waals surface area contributed by atoms with Crippen molar-refractivity contribution in [1.82, 2.24) is 0 Å². The number of rotatable bonds is 2. The number of alkyl halides is 3. The lowest BCUT2D eigenvalue weighted by Gasteiger charge is -2.09. The molecule has 2 rings (SSSR count). The molecule has 104 valence electrons. The van der Waals surface area contributed by atoms with Crippen LogP contribution in [-0.2, 0) is 6.18 Å². The Kier molecular flexibility index (Phi) is 3.44. The molecule has 0 unspecified atom stereocenters. The first kappa shape index (κ1) is 14.0. The van der Waals surface area contributed by atoms with Gasteiger partial charge in [-0.25, -0.2) is 4.39 Å². The molecule has 0 fully saturated rings. The summed E-state index contributed by atoms with van der Waals surface area (Å²) in [5, 5.41) is 10.9. The van der Waals surface area contributed by atoms with Crippen LogP contribution < -0.4 is 0 Å².